The van der Waals surface area contributed by atoms with Gasteiger partial charge in [0.25, 0.3) is 0 Å². The molecule has 130 valence electrons. The van der Waals surface area contributed by atoms with Crippen molar-refractivity contribution in [2.45, 2.75) is 46.1 Å². The number of aryl methyl sites for hydroxylation is 1. The molecule has 3 nitrogen and oxygen atoms in total. The van der Waals surface area contributed by atoms with Gasteiger partial charge in [0.15, 0.2) is 0 Å². The fraction of sp³-hybridized carbons (Fsp3) is 0.429. The highest BCUT2D eigenvalue weighted by molar-refractivity contribution is 5.48. The minimum absolute atomic E-state index is 0.0853. The highest BCUT2D eigenvalue weighted by Crippen LogP contribution is 2.18. The molecule has 0 aromatic heterocycles. The van der Waals surface area contributed by atoms with Crippen LogP contribution in [0.4, 0.5) is 5.69 Å². The second kappa shape index (κ2) is 9.86. The average Bonchev–Trinajstić information content (AvgIpc) is 2.61. The summed E-state index contributed by atoms with van der Waals surface area (Å²) in [6.07, 6.45) is 3.36. The monoisotopic (exact) mass is 327 g/mol. The smallest absolute Gasteiger partial charge is 0.121 e. The molecule has 2 rings (SSSR count). The van der Waals surface area contributed by atoms with E-state index < -0.39 is 0 Å². The Morgan fingerprint density at radius 3 is 2.50 bits per heavy atom. The summed E-state index contributed by atoms with van der Waals surface area (Å²) in [5.41, 5.74) is 2.38. The van der Waals surface area contributed by atoms with Gasteiger partial charge < -0.3 is 14.8 Å². The number of unbranched alkanes of at least 4 members (excludes halogenated alkanes) is 1. The molecule has 3 heteroatoms. The van der Waals surface area contributed by atoms with Crippen molar-refractivity contribution >= 4 is 5.69 Å². The van der Waals surface area contributed by atoms with Crippen molar-refractivity contribution < 1.29 is 9.47 Å². The summed E-state index contributed by atoms with van der Waals surface area (Å²) in [5.74, 6) is 1.83. The van der Waals surface area contributed by atoms with Crippen LogP contribution in [0.2, 0.25) is 0 Å². The number of hydrogen-bond donors (Lipinski definition) is 1. The maximum atomic E-state index is 5.95. The van der Waals surface area contributed by atoms with Crippen molar-refractivity contribution in [3.63, 3.8) is 0 Å². The van der Waals surface area contributed by atoms with Gasteiger partial charge in [0.05, 0.1) is 13.2 Å². The summed E-state index contributed by atoms with van der Waals surface area (Å²) in [5, 5.41) is 3.41. The van der Waals surface area contributed by atoms with Gasteiger partial charge in [-0.1, -0.05) is 38.5 Å². The number of benzene rings is 2. The van der Waals surface area contributed by atoms with Gasteiger partial charge in [-0.3, -0.25) is 0 Å². The summed E-state index contributed by atoms with van der Waals surface area (Å²) >= 11 is 0. The zero-order valence-corrected chi connectivity index (χ0v) is 15.0. The molecule has 0 aliphatic rings. The van der Waals surface area contributed by atoms with Crippen LogP contribution in [0.15, 0.2) is 48.5 Å². The van der Waals surface area contributed by atoms with Crippen LogP contribution < -0.4 is 14.8 Å². The third-order valence-corrected chi connectivity index (χ3v) is 3.86. The predicted molar refractivity (Wildman–Crippen MR) is 101 cm³/mol. The number of rotatable bonds is 10. The van der Waals surface area contributed by atoms with Gasteiger partial charge in [0.1, 0.15) is 17.6 Å². The highest BCUT2D eigenvalue weighted by atomic mass is 16.5. The van der Waals surface area contributed by atoms with Crippen LogP contribution in [0, 0.1) is 0 Å². The predicted octanol–water partition coefficient (Wildman–Crippen LogP) is 5.31. The second-order valence-corrected chi connectivity index (χ2v) is 6.04. The molecule has 0 bridgehead atoms. The first-order valence-corrected chi connectivity index (χ1v) is 8.93. The molecule has 0 unspecified atom stereocenters. The lowest BCUT2D eigenvalue weighted by Crippen LogP contribution is -2.22. The van der Waals surface area contributed by atoms with Gasteiger partial charge >= 0.3 is 0 Å². The van der Waals surface area contributed by atoms with Gasteiger partial charge in [0, 0.05) is 11.8 Å². The van der Waals surface area contributed by atoms with Crippen molar-refractivity contribution in [2.75, 3.05) is 18.5 Å². The van der Waals surface area contributed by atoms with Crippen LogP contribution >= 0.6 is 0 Å². The molecule has 0 saturated carbocycles. The first-order chi connectivity index (χ1) is 11.7. The van der Waals surface area contributed by atoms with Crippen LogP contribution in [-0.4, -0.2) is 19.3 Å². The van der Waals surface area contributed by atoms with E-state index in [-0.39, 0.29) is 6.10 Å². The van der Waals surface area contributed by atoms with E-state index in [1.807, 2.05) is 30.3 Å². The molecule has 24 heavy (non-hydrogen) atoms. The lowest BCUT2D eigenvalue weighted by atomic mass is 10.2. The van der Waals surface area contributed by atoms with Gasteiger partial charge in [-0.2, -0.15) is 0 Å². The van der Waals surface area contributed by atoms with Gasteiger partial charge in [0.2, 0.25) is 0 Å². The molecule has 0 amide bonds. The number of anilines is 1. The van der Waals surface area contributed by atoms with E-state index in [1.165, 1.54) is 5.56 Å². The molecule has 1 N–H and O–H groups in total. The molecular weight excluding hydrogens is 298 g/mol. The Labute approximate surface area is 146 Å². The molecule has 2 aromatic carbocycles. The minimum atomic E-state index is 0.0853. The molecule has 0 fully saturated rings. The van der Waals surface area contributed by atoms with E-state index in [0.29, 0.717) is 0 Å². The minimum Gasteiger partial charge on any atom is -0.494 e. The first-order valence-electron chi connectivity index (χ1n) is 8.93. The summed E-state index contributed by atoms with van der Waals surface area (Å²) in [4.78, 5) is 0. The van der Waals surface area contributed by atoms with Gasteiger partial charge in [-0.15, -0.1) is 0 Å². The normalized spacial score (nSPS) is 11.8. The van der Waals surface area contributed by atoms with Gasteiger partial charge in [-0.25, -0.2) is 0 Å². The fourth-order valence-corrected chi connectivity index (χ4v) is 2.37. The summed E-state index contributed by atoms with van der Waals surface area (Å²) in [6, 6.07) is 16.4. The third kappa shape index (κ3) is 6.15. The molecule has 2 aromatic rings. The van der Waals surface area contributed by atoms with Crippen molar-refractivity contribution in [2.24, 2.45) is 0 Å². The molecule has 0 spiro atoms. The van der Waals surface area contributed by atoms with E-state index in [0.717, 1.165) is 49.6 Å². The Morgan fingerprint density at radius 2 is 1.79 bits per heavy atom. The van der Waals surface area contributed by atoms with Crippen LogP contribution in [0.25, 0.3) is 0 Å². The second-order valence-electron chi connectivity index (χ2n) is 6.04. The first kappa shape index (κ1) is 18.2. The topological polar surface area (TPSA) is 30.5 Å². The lowest BCUT2D eigenvalue weighted by molar-refractivity contribution is 0.234. The van der Waals surface area contributed by atoms with E-state index in [9.17, 15) is 0 Å². The fourth-order valence-electron chi connectivity index (χ4n) is 2.37. The van der Waals surface area contributed by atoms with E-state index >= 15 is 0 Å². The number of nitrogens with one attached hydrogen (secondary N) is 1. The molecular formula is C21H29NO2. The van der Waals surface area contributed by atoms with E-state index in [2.05, 4.69) is 44.3 Å². The SMILES string of the molecule is CCCCOc1cccc(NC[C@@H](C)Oc2ccc(CC)cc2)c1. The Kier molecular flexibility index (Phi) is 7.47. The molecule has 0 saturated heterocycles. The average molecular weight is 327 g/mol. The van der Waals surface area contributed by atoms with Crippen molar-refractivity contribution in [1.82, 2.24) is 0 Å². The Balaban J connectivity index is 1.80. The van der Waals surface area contributed by atoms with Crippen molar-refractivity contribution in [1.29, 1.82) is 0 Å². The Hall–Kier alpha value is -2.16. The summed E-state index contributed by atoms with van der Waals surface area (Å²) < 4.78 is 11.7. The summed E-state index contributed by atoms with van der Waals surface area (Å²) in [6.45, 7) is 7.91. The maximum Gasteiger partial charge on any atom is 0.121 e. The van der Waals surface area contributed by atoms with Crippen LogP contribution in [0.3, 0.4) is 0 Å². The van der Waals surface area contributed by atoms with E-state index in [1.54, 1.807) is 0 Å². The standard InChI is InChI=1S/C21H29NO2/c1-4-6-14-23-21-9-7-8-19(15-21)22-16-17(3)24-20-12-10-18(5-2)11-13-20/h7-13,15,17,22H,4-6,14,16H2,1-3H3/t17-/m1/s1. The number of hydrogen-bond acceptors (Lipinski definition) is 3. The van der Waals surface area contributed by atoms with Crippen LogP contribution in [0.5, 0.6) is 11.5 Å². The lowest BCUT2D eigenvalue weighted by Gasteiger charge is -2.17. The summed E-state index contributed by atoms with van der Waals surface area (Å²) in [7, 11) is 0. The molecule has 1 atom stereocenters. The van der Waals surface area contributed by atoms with Crippen molar-refractivity contribution in [3.8, 4) is 11.5 Å². The maximum absolute atomic E-state index is 5.95. The number of ether oxygens (including phenoxy) is 2. The zero-order valence-electron chi connectivity index (χ0n) is 15.0. The molecule has 0 aliphatic carbocycles. The molecule has 0 radical (unpaired) electrons. The van der Waals surface area contributed by atoms with Gasteiger partial charge in [-0.05, 0) is 49.6 Å². The quantitative estimate of drug-likeness (QED) is 0.600. The van der Waals surface area contributed by atoms with E-state index in [4.69, 9.17) is 9.47 Å². The zero-order chi connectivity index (χ0) is 17.2. The Bertz CT molecular complexity index is 595. The third-order valence-electron chi connectivity index (χ3n) is 3.86. The molecule has 0 aliphatic heterocycles. The Morgan fingerprint density at radius 1 is 1.00 bits per heavy atom. The van der Waals surface area contributed by atoms with Crippen LogP contribution in [0.1, 0.15) is 39.2 Å². The van der Waals surface area contributed by atoms with Crippen molar-refractivity contribution in [3.05, 3.63) is 54.1 Å². The van der Waals surface area contributed by atoms with Crippen LogP contribution in [-0.2, 0) is 6.42 Å². The molecule has 0 heterocycles. The highest BCUT2D eigenvalue weighted by Gasteiger charge is 2.05. The largest absolute Gasteiger partial charge is 0.494 e.